The first-order valence-electron chi connectivity index (χ1n) is 12.9. The van der Waals surface area contributed by atoms with Gasteiger partial charge in [0.2, 0.25) is 0 Å². The monoisotopic (exact) mass is 550 g/mol. The first-order chi connectivity index (χ1) is 18.8. The van der Waals surface area contributed by atoms with Gasteiger partial charge in [-0.25, -0.2) is 9.78 Å². The summed E-state index contributed by atoms with van der Waals surface area (Å²) in [5, 5.41) is 5.79. The zero-order chi connectivity index (χ0) is 28.2. The fraction of sp³-hybridized carbons (Fsp3) is 0.367. The van der Waals surface area contributed by atoms with Crippen LogP contribution < -0.4 is 14.8 Å². The van der Waals surface area contributed by atoms with Crippen molar-refractivity contribution in [2.45, 2.75) is 45.1 Å². The van der Waals surface area contributed by atoms with Crippen molar-refractivity contribution in [1.29, 1.82) is 0 Å². The van der Waals surface area contributed by atoms with Crippen LogP contribution in [0, 0.1) is 0 Å². The summed E-state index contributed by atoms with van der Waals surface area (Å²) in [5.74, 6) is -0.386. The maximum atomic E-state index is 14.2. The summed E-state index contributed by atoms with van der Waals surface area (Å²) in [6.07, 6.45) is 0. The highest BCUT2D eigenvalue weighted by Crippen LogP contribution is 2.52. The van der Waals surface area contributed by atoms with E-state index in [0.29, 0.717) is 33.5 Å². The van der Waals surface area contributed by atoms with E-state index in [-0.39, 0.29) is 13.2 Å². The molecule has 1 N–H and O–H groups in total. The second kappa shape index (κ2) is 11.9. The number of aromatic nitrogens is 1. The van der Waals surface area contributed by atoms with Crippen molar-refractivity contribution < 1.29 is 28.5 Å². The standard InChI is InChI=1S/C30H34N2O6S/c1-7-37-27(33)25-18(3)31-19(4)30(29(34)38-8-2,26(25)20-12-10-9-11-13-20)28-32-23(17-39-28)22-16-21(35-5)14-15-24(22)36-6/h9-17,19,26,31H,7-8H2,1-6H3. The number of nitrogens with one attached hydrogen (secondary N) is 1. The summed E-state index contributed by atoms with van der Waals surface area (Å²) in [7, 11) is 3.19. The molecule has 8 nitrogen and oxygen atoms in total. The number of thiazole rings is 1. The van der Waals surface area contributed by atoms with Gasteiger partial charge in [0.25, 0.3) is 0 Å². The second-order valence-electron chi connectivity index (χ2n) is 9.16. The van der Waals surface area contributed by atoms with E-state index in [1.54, 1.807) is 28.1 Å². The molecule has 0 aliphatic carbocycles. The van der Waals surface area contributed by atoms with Crippen molar-refractivity contribution in [2.75, 3.05) is 27.4 Å². The molecule has 0 saturated carbocycles. The number of carbonyl (C=O) groups excluding carboxylic acids is 2. The highest BCUT2D eigenvalue weighted by atomic mass is 32.1. The Bertz CT molecular complexity index is 1370. The molecule has 0 radical (unpaired) electrons. The van der Waals surface area contributed by atoms with E-state index in [9.17, 15) is 9.59 Å². The van der Waals surface area contributed by atoms with Crippen LogP contribution in [-0.4, -0.2) is 50.4 Å². The molecule has 1 aliphatic rings. The topological polar surface area (TPSA) is 96.0 Å². The highest BCUT2D eigenvalue weighted by molar-refractivity contribution is 7.10. The molecule has 0 amide bonds. The lowest BCUT2D eigenvalue weighted by atomic mass is 9.62. The van der Waals surface area contributed by atoms with Crippen molar-refractivity contribution in [3.8, 4) is 22.8 Å². The summed E-state index contributed by atoms with van der Waals surface area (Å²) in [6.45, 7) is 7.67. The SMILES string of the molecule is CCOC(=O)C1=C(C)NC(C)C(C(=O)OCC)(c2nc(-c3cc(OC)ccc3OC)cs2)C1c1ccccc1. The zero-order valence-corrected chi connectivity index (χ0v) is 23.9. The number of ether oxygens (including phenoxy) is 4. The van der Waals surface area contributed by atoms with Gasteiger partial charge < -0.3 is 24.3 Å². The summed E-state index contributed by atoms with van der Waals surface area (Å²) in [4.78, 5) is 32.7. The molecule has 1 aromatic heterocycles. The molecule has 0 fully saturated rings. The number of benzene rings is 2. The zero-order valence-electron chi connectivity index (χ0n) is 23.1. The van der Waals surface area contributed by atoms with Crippen LogP contribution in [-0.2, 0) is 24.5 Å². The Balaban J connectivity index is 2.01. The van der Waals surface area contributed by atoms with Crippen LogP contribution in [0.1, 0.15) is 44.2 Å². The predicted octanol–water partition coefficient (Wildman–Crippen LogP) is 5.24. The molecule has 39 heavy (non-hydrogen) atoms. The Morgan fingerprint density at radius 2 is 1.74 bits per heavy atom. The third-order valence-electron chi connectivity index (χ3n) is 7.05. The fourth-order valence-corrected chi connectivity index (χ4v) is 6.44. The Labute approximate surface area is 233 Å². The minimum Gasteiger partial charge on any atom is -0.497 e. The summed E-state index contributed by atoms with van der Waals surface area (Å²) >= 11 is 1.34. The minimum atomic E-state index is -1.37. The van der Waals surface area contributed by atoms with Gasteiger partial charge in [0, 0.05) is 28.6 Å². The van der Waals surface area contributed by atoms with E-state index in [1.807, 2.05) is 67.8 Å². The fourth-order valence-electron chi connectivity index (χ4n) is 5.31. The number of methoxy groups -OCH3 is 2. The first-order valence-corrected chi connectivity index (χ1v) is 13.8. The number of rotatable bonds is 9. The third kappa shape index (κ3) is 4.98. The molecule has 9 heteroatoms. The first kappa shape index (κ1) is 28.2. The van der Waals surface area contributed by atoms with Gasteiger partial charge in [0.15, 0.2) is 5.41 Å². The molecular weight excluding hydrogens is 516 g/mol. The Morgan fingerprint density at radius 1 is 1.03 bits per heavy atom. The van der Waals surface area contributed by atoms with Crippen LogP contribution in [0.25, 0.3) is 11.3 Å². The van der Waals surface area contributed by atoms with Crippen molar-refractivity contribution >= 4 is 23.3 Å². The molecular formula is C30H34N2O6S. The summed E-state index contributed by atoms with van der Waals surface area (Å²) in [5.41, 5.74) is 1.80. The van der Waals surface area contributed by atoms with Gasteiger partial charge in [0.05, 0.1) is 38.7 Å². The number of nitrogens with zero attached hydrogens (tertiary/aromatic N) is 1. The Kier molecular flexibility index (Phi) is 8.60. The van der Waals surface area contributed by atoms with E-state index in [1.165, 1.54) is 11.3 Å². The predicted molar refractivity (Wildman–Crippen MR) is 150 cm³/mol. The van der Waals surface area contributed by atoms with E-state index in [4.69, 9.17) is 23.9 Å². The second-order valence-corrected chi connectivity index (χ2v) is 10.0. The van der Waals surface area contributed by atoms with Crippen molar-refractivity contribution in [2.24, 2.45) is 0 Å². The molecule has 3 unspecified atom stereocenters. The van der Waals surface area contributed by atoms with Crippen LogP contribution in [0.5, 0.6) is 11.5 Å². The van der Waals surface area contributed by atoms with Crippen molar-refractivity contribution in [3.05, 3.63) is 75.8 Å². The largest absolute Gasteiger partial charge is 0.497 e. The molecule has 3 aromatic rings. The highest BCUT2D eigenvalue weighted by Gasteiger charge is 2.60. The lowest BCUT2D eigenvalue weighted by Crippen LogP contribution is -2.60. The molecule has 4 rings (SSSR count). The van der Waals surface area contributed by atoms with Gasteiger partial charge in [-0.05, 0) is 51.5 Å². The molecule has 2 heterocycles. The number of carbonyl (C=O) groups is 2. The van der Waals surface area contributed by atoms with Gasteiger partial charge in [-0.3, -0.25) is 4.79 Å². The van der Waals surface area contributed by atoms with Gasteiger partial charge in [0.1, 0.15) is 16.5 Å². The number of hydrogen-bond donors (Lipinski definition) is 1. The van der Waals surface area contributed by atoms with Crippen molar-refractivity contribution in [1.82, 2.24) is 10.3 Å². The van der Waals surface area contributed by atoms with Crippen LogP contribution >= 0.6 is 11.3 Å². The van der Waals surface area contributed by atoms with E-state index >= 15 is 0 Å². The average Bonchev–Trinajstić information content (AvgIpc) is 3.43. The number of hydrogen-bond acceptors (Lipinski definition) is 9. The Hall–Kier alpha value is -3.85. The molecule has 0 spiro atoms. The number of esters is 2. The molecule has 2 aromatic carbocycles. The maximum absolute atomic E-state index is 14.2. The van der Waals surface area contributed by atoms with Crippen molar-refractivity contribution in [3.63, 3.8) is 0 Å². The van der Waals surface area contributed by atoms with E-state index in [0.717, 1.165) is 11.1 Å². The van der Waals surface area contributed by atoms with Gasteiger partial charge in [-0.2, -0.15) is 0 Å². The maximum Gasteiger partial charge on any atom is 0.336 e. The average molecular weight is 551 g/mol. The lowest BCUT2D eigenvalue weighted by molar-refractivity contribution is -0.153. The minimum absolute atomic E-state index is 0.175. The molecule has 0 saturated heterocycles. The van der Waals surface area contributed by atoms with Gasteiger partial charge >= 0.3 is 11.9 Å². The Morgan fingerprint density at radius 3 is 2.38 bits per heavy atom. The smallest absolute Gasteiger partial charge is 0.336 e. The molecule has 3 atom stereocenters. The molecule has 0 bridgehead atoms. The molecule has 206 valence electrons. The number of allylic oxidation sites excluding steroid dienone is 1. The van der Waals surface area contributed by atoms with Crippen LogP contribution in [0.2, 0.25) is 0 Å². The summed E-state index contributed by atoms with van der Waals surface area (Å²) < 4.78 is 22.3. The van der Waals surface area contributed by atoms with E-state index < -0.39 is 29.3 Å². The van der Waals surface area contributed by atoms with Crippen LogP contribution in [0.4, 0.5) is 0 Å². The van der Waals surface area contributed by atoms with Gasteiger partial charge in [-0.15, -0.1) is 11.3 Å². The third-order valence-corrected chi connectivity index (χ3v) is 8.04. The molecule has 1 aliphatic heterocycles. The quantitative estimate of drug-likeness (QED) is 0.362. The summed E-state index contributed by atoms with van der Waals surface area (Å²) in [6, 6.07) is 14.5. The lowest BCUT2D eigenvalue weighted by Gasteiger charge is -2.46. The normalized spacial score (nSPS) is 20.7. The van der Waals surface area contributed by atoms with Crippen LogP contribution in [0.15, 0.2) is 65.2 Å². The van der Waals surface area contributed by atoms with E-state index in [2.05, 4.69) is 5.32 Å². The van der Waals surface area contributed by atoms with Gasteiger partial charge in [-0.1, -0.05) is 30.3 Å². The van der Waals surface area contributed by atoms with Crippen LogP contribution in [0.3, 0.4) is 0 Å².